The molecule has 2 unspecified atom stereocenters. The first-order chi connectivity index (χ1) is 6.45. The lowest BCUT2D eigenvalue weighted by Gasteiger charge is -2.37. The van der Waals surface area contributed by atoms with E-state index in [2.05, 4.69) is 28.2 Å². The summed E-state index contributed by atoms with van der Waals surface area (Å²) in [6.07, 6.45) is 3.62. The molecule has 1 aromatic rings. The van der Waals surface area contributed by atoms with Gasteiger partial charge in [-0.2, -0.15) is 0 Å². The minimum atomic E-state index is 0.289. The SMILES string of the molecule is c1cc2n(c1)CCC1NCCOC21. The fourth-order valence-electron chi connectivity index (χ4n) is 2.37. The number of nitrogens with one attached hydrogen (secondary N) is 1. The van der Waals surface area contributed by atoms with Gasteiger partial charge >= 0.3 is 0 Å². The van der Waals surface area contributed by atoms with E-state index >= 15 is 0 Å². The molecule has 0 radical (unpaired) electrons. The minimum Gasteiger partial charge on any atom is -0.369 e. The fraction of sp³-hybridized carbons (Fsp3) is 0.600. The van der Waals surface area contributed by atoms with Gasteiger partial charge in [-0.05, 0) is 18.6 Å². The number of nitrogens with zero attached hydrogens (tertiary/aromatic N) is 1. The molecule has 1 aromatic heterocycles. The number of hydrogen-bond acceptors (Lipinski definition) is 2. The third-order valence-electron chi connectivity index (χ3n) is 3.01. The molecule has 2 aliphatic heterocycles. The first kappa shape index (κ1) is 7.59. The van der Waals surface area contributed by atoms with Gasteiger partial charge in [-0.25, -0.2) is 0 Å². The molecular formula is C10H14N2O. The molecule has 2 atom stereocenters. The first-order valence-electron chi connectivity index (χ1n) is 4.95. The molecule has 3 nitrogen and oxygen atoms in total. The molecule has 0 aromatic carbocycles. The van der Waals surface area contributed by atoms with Crippen LogP contribution in [0.3, 0.4) is 0 Å². The van der Waals surface area contributed by atoms with Gasteiger partial charge in [-0.15, -0.1) is 0 Å². The van der Waals surface area contributed by atoms with Crippen LogP contribution in [0.5, 0.6) is 0 Å². The van der Waals surface area contributed by atoms with Gasteiger partial charge in [0, 0.05) is 31.0 Å². The summed E-state index contributed by atoms with van der Waals surface area (Å²) in [7, 11) is 0. The molecule has 0 spiro atoms. The van der Waals surface area contributed by atoms with E-state index in [9.17, 15) is 0 Å². The Morgan fingerprint density at radius 1 is 1.54 bits per heavy atom. The highest BCUT2D eigenvalue weighted by Gasteiger charge is 2.31. The van der Waals surface area contributed by atoms with Crippen LogP contribution < -0.4 is 5.32 Å². The van der Waals surface area contributed by atoms with E-state index < -0.39 is 0 Å². The van der Waals surface area contributed by atoms with Gasteiger partial charge in [0.05, 0.1) is 6.61 Å². The number of aromatic nitrogens is 1. The van der Waals surface area contributed by atoms with E-state index in [4.69, 9.17) is 4.74 Å². The third-order valence-corrected chi connectivity index (χ3v) is 3.01. The maximum absolute atomic E-state index is 5.78. The van der Waals surface area contributed by atoms with Crippen molar-refractivity contribution in [3.05, 3.63) is 24.0 Å². The summed E-state index contributed by atoms with van der Waals surface area (Å²) < 4.78 is 8.08. The summed E-state index contributed by atoms with van der Waals surface area (Å²) in [5, 5.41) is 3.51. The molecule has 70 valence electrons. The van der Waals surface area contributed by atoms with Crippen LogP contribution in [0.4, 0.5) is 0 Å². The molecule has 3 rings (SSSR count). The Morgan fingerprint density at radius 3 is 3.54 bits per heavy atom. The molecule has 1 N–H and O–H groups in total. The highest BCUT2D eigenvalue weighted by atomic mass is 16.5. The molecule has 2 aliphatic rings. The van der Waals surface area contributed by atoms with Crippen LogP contribution in [0.1, 0.15) is 18.2 Å². The number of fused-ring (bicyclic) bond motifs is 3. The average Bonchev–Trinajstić information content (AvgIpc) is 2.65. The van der Waals surface area contributed by atoms with Gasteiger partial charge in [-0.3, -0.25) is 0 Å². The van der Waals surface area contributed by atoms with E-state index in [0.29, 0.717) is 6.04 Å². The maximum atomic E-state index is 5.78. The van der Waals surface area contributed by atoms with E-state index in [1.54, 1.807) is 0 Å². The van der Waals surface area contributed by atoms with E-state index in [1.165, 1.54) is 12.1 Å². The molecule has 3 heterocycles. The van der Waals surface area contributed by atoms with Crippen molar-refractivity contribution in [1.82, 2.24) is 9.88 Å². The molecule has 0 bridgehead atoms. The van der Waals surface area contributed by atoms with Crippen LogP contribution in [0.2, 0.25) is 0 Å². The Labute approximate surface area is 77.7 Å². The van der Waals surface area contributed by atoms with Gasteiger partial charge in [0.2, 0.25) is 0 Å². The Kier molecular flexibility index (Phi) is 1.67. The lowest BCUT2D eigenvalue weighted by Crippen LogP contribution is -2.46. The van der Waals surface area contributed by atoms with Crippen molar-refractivity contribution in [2.75, 3.05) is 13.2 Å². The summed E-state index contributed by atoms with van der Waals surface area (Å²) in [6.45, 7) is 2.97. The maximum Gasteiger partial charge on any atom is 0.113 e. The molecule has 1 saturated heterocycles. The first-order valence-corrected chi connectivity index (χ1v) is 4.95. The highest BCUT2D eigenvalue weighted by Crippen LogP contribution is 2.30. The summed E-state index contributed by atoms with van der Waals surface area (Å²) in [5.41, 5.74) is 1.34. The van der Waals surface area contributed by atoms with Gasteiger partial charge in [0.15, 0.2) is 0 Å². The van der Waals surface area contributed by atoms with Crippen molar-refractivity contribution in [3.8, 4) is 0 Å². The van der Waals surface area contributed by atoms with Gasteiger partial charge in [-0.1, -0.05) is 0 Å². The predicted molar refractivity (Wildman–Crippen MR) is 49.5 cm³/mol. The minimum absolute atomic E-state index is 0.289. The number of morpholine rings is 1. The van der Waals surface area contributed by atoms with Crippen LogP contribution >= 0.6 is 0 Å². The summed E-state index contributed by atoms with van der Waals surface area (Å²) in [4.78, 5) is 0. The standard InChI is InChI=1S/C10H14N2O/c1-2-9-10-8(11-4-7-13-10)3-6-12(9)5-1/h1-2,5,8,10-11H,3-4,6-7H2. The van der Waals surface area contributed by atoms with Gasteiger partial charge in [0.1, 0.15) is 6.10 Å². The molecule has 0 saturated carbocycles. The van der Waals surface area contributed by atoms with Crippen LogP contribution in [0, 0.1) is 0 Å². The Morgan fingerprint density at radius 2 is 2.54 bits per heavy atom. The van der Waals surface area contributed by atoms with Crippen LogP contribution in [0.15, 0.2) is 18.3 Å². The predicted octanol–water partition coefficient (Wildman–Crippen LogP) is 0.921. The largest absolute Gasteiger partial charge is 0.369 e. The number of ether oxygens (including phenoxy) is 1. The molecule has 1 fully saturated rings. The van der Waals surface area contributed by atoms with Crippen molar-refractivity contribution in [3.63, 3.8) is 0 Å². The van der Waals surface area contributed by atoms with Crippen molar-refractivity contribution < 1.29 is 4.74 Å². The fourth-order valence-corrected chi connectivity index (χ4v) is 2.37. The quantitative estimate of drug-likeness (QED) is 0.639. The zero-order valence-electron chi connectivity index (χ0n) is 7.57. The lowest BCUT2D eigenvalue weighted by molar-refractivity contribution is -0.0219. The van der Waals surface area contributed by atoms with E-state index in [0.717, 1.165) is 19.7 Å². The van der Waals surface area contributed by atoms with Crippen molar-refractivity contribution in [1.29, 1.82) is 0 Å². The second-order valence-corrected chi connectivity index (χ2v) is 3.77. The monoisotopic (exact) mass is 178 g/mol. The number of rotatable bonds is 0. The van der Waals surface area contributed by atoms with E-state index in [-0.39, 0.29) is 6.10 Å². The van der Waals surface area contributed by atoms with Crippen molar-refractivity contribution >= 4 is 0 Å². The highest BCUT2D eigenvalue weighted by molar-refractivity contribution is 5.15. The zero-order chi connectivity index (χ0) is 8.67. The van der Waals surface area contributed by atoms with Gasteiger partial charge < -0.3 is 14.6 Å². The number of hydrogen-bond donors (Lipinski definition) is 1. The second-order valence-electron chi connectivity index (χ2n) is 3.77. The van der Waals surface area contributed by atoms with E-state index in [1.807, 2.05) is 0 Å². The number of aryl methyl sites for hydroxylation is 1. The summed E-state index contributed by atoms with van der Waals surface area (Å²) in [5.74, 6) is 0. The average molecular weight is 178 g/mol. The van der Waals surface area contributed by atoms with Crippen molar-refractivity contribution in [2.24, 2.45) is 0 Å². The molecular weight excluding hydrogens is 164 g/mol. The smallest absolute Gasteiger partial charge is 0.113 e. The topological polar surface area (TPSA) is 26.2 Å². The molecule has 0 aliphatic carbocycles. The van der Waals surface area contributed by atoms with Crippen molar-refractivity contribution in [2.45, 2.75) is 25.1 Å². The molecule has 13 heavy (non-hydrogen) atoms. The normalized spacial score (nSPS) is 32.3. The van der Waals surface area contributed by atoms with Crippen LogP contribution in [0.25, 0.3) is 0 Å². The summed E-state index contributed by atoms with van der Waals surface area (Å²) >= 11 is 0. The van der Waals surface area contributed by atoms with Crippen LogP contribution in [-0.2, 0) is 11.3 Å². The zero-order valence-corrected chi connectivity index (χ0v) is 7.57. The third kappa shape index (κ3) is 1.11. The molecule has 0 amide bonds. The van der Waals surface area contributed by atoms with Crippen LogP contribution in [-0.4, -0.2) is 23.8 Å². The Bertz CT molecular complexity index is 308. The second kappa shape index (κ2) is 2.86. The summed E-state index contributed by atoms with van der Waals surface area (Å²) in [6, 6.07) is 4.82. The lowest BCUT2D eigenvalue weighted by atomic mass is 9.99. The van der Waals surface area contributed by atoms with Gasteiger partial charge in [0.25, 0.3) is 0 Å². The Hall–Kier alpha value is -0.800. The Balaban J connectivity index is 1.97. The molecule has 3 heteroatoms.